The molecular weight excluding hydrogens is 312 g/mol. The zero-order valence-corrected chi connectivity index (χ0v) is 14.6. The van der Waals surface area contributed by atoms with Gasteiger partial charge in [-0.25, -0.2) is 0 Å². The van der Waals surface area contributed by atoms with E-state index in [1.54, 1.807) is 7.11 Å². The molecule has 0 bridgehead atoms. The van der Waals surface area contributed by atoms with Crippen molar-refractivity contribution in [3.05, 3.63) is 45.9 Å². The predicted molar refractivity (Wildman–Crippen MR) is 96.7 cm³/mol. The number of ether oxygens (including phenoxy) is 1. The van der Waals surface area contributed by atoms with Gasteiger partial charge in [-0.1, -0.05) is 12.1 Å². The maximum absolute atomic E-state index is 12.2. The number of nitrogens with one attached hydrogen (secondary N) is 1. The highest BCUT2D eigenvalue weighted by molar-refractivity contribution is 5.85. The fourth-order valence-electron chi connectivity index (χ4n) is 3.46. The predicted octanol–water partition coefficient (Wildman–Crippen LogP) is 2.91. The van der Waals surface area contributed by atoms with E-state index in [4.69, 9.17) is 4.74 Å². The van der Waals surface area contributed by atoms with Crippen LogP contribution in [0, 0.1) is 6.92 Å². The van der Waals surface area contributed by atoms with Gasteiger partial charge in [0.2, 0.25) is 0 Å². The lowest BCUT2D eigenvalue weighted by molar-refractivity contribution is 0.116. The number of fused-ring (bicyclic) bond motifs is 1. The number of aromatic nitrogens is 1. The van der Waals surface area contributed by atoms with Crippen molar-refractivity contribution >= 4 is 23.2 Å². The Balaban J connectivity index is 0.00000192. The second-order valence-electron chi connectivity index (χ2n) is 6.20. The second kappa shape index (κ2) is 7.95. The summed E-state index contributed by atoms with van der Waals surface area (Å²) in [4.78, 5) is 17.7. The highest BCUT2D eigenvalue weighted by atomic mass is 35.5. The molecule has 1 fully saturated rings. The largest absolute Gasteiger partial charge is 0.383 e. The minimum absolute atomic E-state index is 0. The van der Waals surface area contributed by atoms with Gasteiger partial charge in [-0.05, 0) is 49.4 Å². The van der Waals surface area contributed by atoms with Crippen molar-refractivity contribution in [2.75, 3.05) is 26.8 Å². The van der Waals surface area contributed by atoms with Crippen molar-refractivity contribution in [3.8, 4) is 0 Å². The second-order valence-corrected chi connectivity index (χ2v) is 6.20. The Morgan fingerprint density at radius 3 is 2.96 bits per heavy atom. The molecular formula is C18H25ClN2O2. The summed E-state index contributed by atoms with van der Waals surface area (Å²) in [6, 6.07) is 8.54. The molecule has 0 saturated carbocycles. The van der Waals surface area contributed by atoms with Crippen LogP contribution in [0.3, 0.4) is 0 Å². The number of nitrogens with zero attached hydrogens (tertiary/aromatic N) is 1. The lowest BCUT2D eigenvalue weighted by Crippen LogP contribution is -2.34. The van der Waals surface area contributed by atoms with Crippen LogP contribution in [0.2, 0.25) is 0 Å². The van der Waals surface area contributed by atoms with Crippen LogP contribution in [0.5, 0.6) is 0 Å². The van der Waals surface area contributed by atoms with Gasteiger partial charge in [0.25, 0.3) is 5.56 Å². The molecule has 5 heteroatoms. The van der Waals surface area contributed by atoms with Crippen LogP contribution in [-0.2, 0) is 11.2 Å². The van der Waals surface area contributed by atoms with Crippen molar-refractivity contribution in [2.45, 2.75) is 32.2 Å². The molecule has 126 valence electrons. The first kappa shape index (κ1) is 18.0. The normalized spacial score (nSPS) is 18.3. The summed E-state index contributed by atoms with van der Waals surface area (Å²) < 4.78 is 5.30. The SMILES string of the molecule is COCC1CCCN1CCc1cc2c(C)cccc2c(=O)[nH]1.Cl. The Bertz CT molecular complexity index is 714. The molecule has 1 aromatic carbocycles. The number of benzene rings is 1. The Morgan fingerprint density at radius 2 is 2.17 bits per heavy atom. The van der Waals surface area contributed by atoms with Gasteiger partial charge >= 0.3 is 0 Å². The molecule has 1 saturated heterocycles. The van der Waals surface area contributed by atoms with Gasteiger partial charge < -0.3 is 9.72 Å². The standard InChI is InChI=1S/C18H24N2O2.ClH/c1-13-5-3-7-16-17(13)11-14(19-18(16)21)8-10-20-9-4-6-15(20)12-22-2;/h3,5,7,11,15H,4,6,8-10,12H2,1-2H3,(H,19,21);1H. The molecule has 1 N–H and O–H groups in total. The summed E-state index contributed by atoms with van der Waals surface area (Å²) in [6.45, 7) is 4.96. The summed E-state index contributed by atoms with van der Waals surface area (Å²) >= 11 is 0. The number of likely N-dealkylation sites (tertiary alicyclic amines) is 1. The van der Waals surface area contributed by atoms with Crippen LogP contribution in [0.4, 0.5) is 0 Å². The average Bonchev–Trinajstić information content (AvgIpc) is 2.94. The van der Waals surface area contributed by atoms with Gasteiger partial charge in [0.1, 0.15) is 0 Å². The Labute approximate surface area is 143 Å². The van der Waals surface area contributed by atoms with Crippen LogP contribution >= 0.6 is 12.4 Å². The van der Waals surface area contributed by atoms with Crippen molar-refractivity contribution in [1.29, 1.82) is 0 Å². The lowest BCUT2D eigenvalue weighted by atomic mass is 10.1. The number of H-pyrrole nitrogens is 1. The smallest absolute Gasteiger partial charge is 0.256 e. The molecule has 3 rings (SSSR count). The zero-order valence-electron chi connectivity index (χ0n) is 13.8. The molecule has 1 aliphatic heterocycles. The van der Waals surface area contributed by atoms with Crippen LogP contribution in [0.15, 0.2) is 29.1 Å². The molecule has 4 nitrogen and oxygen atoms in total. The van der Waals surface area contributed by atoms with Gasteiger partial charge in [-0.3, -0.25) is 9.69 Å². The highest BCUT2D eigenvalue weighted by Gasteiger charge is 2.23. The maximum atomic E-state index is 12.2. The van der Waals surface area contributed by atoms with Crippen LogP contribution in [0.25, 0.3) is 10.8 Å². The van der Waals surface area contributed by atoms with E-state index in [0.29, 0.717) is 6.04 Å². The monoisotopic (exact) mass is 336 g/mol. The molecule has 0 radical (unpaired) electrons. The number of rotatable bonds is 5. The summed E-state index contributed by atoms with van der Waals surface area (Å²) in [6.07, 6.45) is 3.32. The number of hydrogen-bond donors (Lipinski definition) is 1. The van der Waals surface area contributed by atoms with Crippen LogP contribution in [0.1, 0.15) is 24.1 Å². The third-order valence-electron chi connectivity index (χ3n) is 4.69. The molecule has 1 aromatic heterocycles. The number of hydrogen-bond acceptors (Lipinski definition) is 3. The molecule has 2 heterocycles. The Morgan fingerprint density at radius 1 is 1.35 bits per heavy atom. The number of methoxy groups -OCH3 is 1. The van der Waals surface area contributed by atoms with Crippen molar-refractivity contribution in [1.82, 2.24) is 9.88 Å². The Hall–Kier alpha value is -1.36. The number of halogens is 1. The van der Waals surface area contributed by atoms with E-state index >= 15 is 0 Å². The molecule has 0 aliphatic carbocycles. The average molecular weight is 337 g/mol. The van der Waals surface area contributed by atoms with Crippen molar-refractivity contribution in [3.63, 3.8) is 0 Å². The van der Waals surface area contributed by atoms with E-state index in [9.17, 15) is 4.79 Å². The maximum Gasteiger partial charge on any atom is 0.256 e. The summed E-state index contributed by atoms with van der Waals surface area (Å²) in [5.74, 6) is 0. The first-order valence-corrected chi connectivity index (χ1v) is 8.03. The van der Waals surface area contributed by atoms with Gasteiger partial charge in [0.15, 0.2) is 0 Å². The van der Waals surface area contributed by atoms with E-state index in [1.165, 1.54) is 12.8 Å². The molecule has 1 atom stereocenters. The minimum atomic E-state index is 0. The van der Waals surface area contributed by atoms with Crippen molar-refractivity contribution in [2.24, 2.45) is 0 Å². The van der Waals surface area contributed by atoms with E-state index in [1.807, 2.05) is 12.1 Å². The van der Waals surface area contributed by atoms with E-state index in [0.717, 1.165) is 48.1 Å². The fourth-order valence-corrected chi connectivity index (χ4v) is 3.46. The zero-order chi connectivity index (χ0) is 15.5. The van der Waals surface area contributed by atoms with E-state index < -0.39 is 0 Å². The first-order chi connectivity index (χ1) is 10.7. The van der Waals surface area contributed by atoms with Crippen molar-refractivity contribution < 1.29 is 4.74 Å². The topological polar surface area (TPSA) is 45.3 Å². The van der Waals surface area contributed by atoms with Gasteiger partial charge in [-0.2, -0.15) is 0 Å². The minimum Gasteiger partial charge on any atom is -0.383 e. The summed E-state index contributed by atoms with van der Waals surface area (Å²) in [7, 11) is 1.76. The number of aryl methyl sites for hydroxylation is 1. The molecule has 1 unspecified atom stereocenters. The highest BCUT2D eigenvalue weighted by Crippen LogP contribution is 2.19. The molecule has 23 heavy (non-hydrogen) atoms. The quantitative estimate of drug-likeness (QED) is 0.913. The fraction of sp³-hybridized carbons (Fsp3) is 0.500. The third-order valence-corrected chi connectivity index (χ3v) is 4.69. The van der Waals surface area contributed by atoms with Crippen LogP contribution < -0.4 is 5.56 Å². The van der Waals surface area contributed by atoms with Gasteiger partial charge in [0.05, 0.1) is 6.61 Å². The molecule has 0 spiro atoms. The summed E-state index contributed by atoms with van der Waals surface area (Å²) in [5, 5.41) is 1.85. The number of pyridine rings is 1. The molecule has 0 amide bonds. The van der Waals surface area contributed by atoms with Crippen LogP contribution in [-0.4, -0.2) is 42.7 Å². The molecule has 1 aliphatic rings. The number of aromatic amines is 1. The first-order valence-electron chi connectivity index (χ1n) is 8.03. The Kier molecular flexibility index (Phi) is 6.22. The van der Waals surface area contributed by atoms with E-state index in [-0.39, 0.29) is 18.0 Å². The van der Waals surface area contributed by atoms with E-state index in [2.05, 4.69) is 28.9 Å². The van der Waals surface area contributed by atoms with Gasteiger partial charge in [-0.15, -0.1) is 12.4 Å². The lowest BCUT2D eigenvalue weighted by Gasteiger charge is -2.23. The summed E-state index contributed by atoms with van der Waals surface area (Å²) in [5.41, 5.74) is 2.20. The third kappa shape index (κ3) is 3.94. The van der Waals surface area contributed by atoms with Gasteiger partial charge in [0, 0.05) is 37.2 Å². The molecule has 2 aromatic rings.